The molecule has 0 bridgehead atoms. The van der Waals surface area contributed by atoms with E-state index < -0.39 is 33.5 Å². The maximum Gasteiger partial charge on any atom is 0.225 e. The summed E-state index contributed by atoms with van der Waals surface area (Å²) < 4.78 is 0. The van der Waals surface area contributed by atoms with Crippen LogP contribution in [-0.2, 0) is 9.59 Å². The minimum absolute atomic E-state index is 0.0235. The van der Waals surface area contributed by atoms with Crippen molar-refractivity contribution in [3.05, 3.63) is 0 Å². The molecule has 0 spiro atoms. The normalized spacial score (nSPS) is 18.2. The van der Waals surface area contributed by atoms with Crippen LogP contribution in [0.3, 0.4) is 0 Å². The monoisotopic (exact) mass is 344 g/mol. The van der Waals surface area contributed by atoms with Gasteiger partial charge in [-0.3, -0.25) is 9.59 Å². The molecule has 0 aliphatic heterocycles. The average molecular weight is 344 g/mol. The number of hydrogen-bond donors (Lipinski definition) is 4. The maximum atomic E-state index is 11.8. The molecule has 0 aliphatic rings. The number of aliphatic hydroxyl groups excluding tert-OH is 2. The number of rotatable bonds is 10. The molecule has 0 rings (SSSR count). The summed E-state index contributed by atoms with van der Waals surface area (Å²) in [7, 11) is 0. The van der Waals surface area contributed by atoms with Gasteiger partial charge in [0.05, 0.1) is 23.9 Å². The van der Waals surface area contributed by atoms with Crippen molar-refractivity contribution in [1.82, 2.24) is 0 Å². The number of nitrogens with two attached hydrogens (primary N) is 2. The summed E-state index contributed by atoms with van der Waals surface area (Å²) in [5.74, 6) is -1.18. The number of azo groups is 1. The van der Waals surface area contributed by atoms with Gasteiger partial charge in [0.2, 0.25) is 11.8 Å². The van der Waals surface area contributed by atoms with Gasteiger partial charge in [-0.05, 0) is 13.8 Å². The van der Waals surface area contributed by atoms with Crippen LogP contribution in [0.5, 0.6) is 0 Å². The van der Waals surface area contributed by atoms with Crippen molar-refractivity contribution in [2.45, 2.75) is 41.5 Å². The van der Waals surface area contributed by atoms with Gasteiger partial charge in [0.25, 0.3) is 0 Å². The molecule has 8 heteroatoms. The Morgan fingerprint density at radius 1 is 0.750 bits per heavy atom. The summed E-state index contributed by atoms with van der Waals surface area (Å²) in [4.78, 5) is 23.7. The van der Waals surface area contributed by atoms with Gasteiger partial charge in [-0.25, -0.2) is 0 Å². The second kappa shape index (κ2) is 7.57. The molecule has 8 nitrogen and oxygen atoms in total. The predicted octanol–water partition coefficient (Wildman–Crippen LogP) is 0.459. The Kier molecular flexibility index (Phi) is 7.08. The number of carbonyl (C=O) groups excluding carboxylic acids is 2. The van der Waals surface area contributed by atoms with Crippen LogP contribution >= 0.6 is 0 Å². The molecule has 0 aromatic carbocycles. The Labute approximate surface area is 143 Å². The van der Waals surface area contributed by atoms with E-state index in [0.717, 1.165) is 0 Å². The Bertz CT molecular complexity index is 460. The van der Waals surface area contributed by atoms with Crippen LogP contribution in [0, 0.1) is 21.7 Å². The highest BCUT2D eigenvalue weighted by atomic mass is 16.3. The van der Waals surface area contributed by atoms with Gasteiger partial charge < -0.3 is 21.7 Å². The lowest BCUT2D eigenvalue weighted by Crippen LogP contribution is -2.50. The fourth-order valence-corrected chi connectivity index (χ4v) is 1.98. The third-order valence-corrected chi connectivity index (χ3v) is 5.74. The fraction of sp³-hybridized carbons (Fsp3) is 0.875. The van der Waals surface area contributed by atoms with Crippen molar-refractivity contribution >= 4 is 11.8 Å². The molecule has 0 fully saturated rings. The standard InChI is InChI=1S/C16H32N4O4/c1-13(2,9-21)15(5,11(17)23)7-19-20-8-16(6,12(18)24)14(3,4)10-22/h21-22H,7-10H2,1-6H3,(H2,17,23)(H2,18,24). The van der Waals surface area contributed by atoms with E-state index in [1.165, 1.54) is 0 Å². The summed E-state index contributed by atoms with van der Waals surface area (Å²) in [5, 5.41) is 27.0. The Morgan fingerprint density at radius 2 is 1.00 bits per heavy atom. The number of primary amides is 2. The third-order valence-electron chi connectivity index (χ3n) is 5.74. The molecule has 0 aromatic rings. The van der Waals surface area contributed by atoms with Crippen LogP contribution in [0.2, 0.25) is 0 Å². The van der Waals surface area contributed by atoms with Gasteiger partial charge in [-0.2, -0.15) is 10.2 Å². The largest absolute Gasteiger partial charge is 0.396 e. The lowest BCUT2D eigenvalue weighted by molar-refractivity contribution is -0.136. The molecule has 2 amide bonds. The van der Waals surface area contributed by atoms with E-state index in [1.807, 2.05) is 0 Å². The quantitative estimate of drug-likeness (QED) is 0.425. The highest BCUT2D eigenvalue weighted by Gasteiger charge is 2.47. The van der Waals surface area contributed by atoms with Crippen molar-refractivity contribution in [2.24, 2.45) is 43.4 Å². The first-order valence-corrected chi connectivity index (χ1v) is 7.86. The number of carbonyl (C=O) groups is 2. The van der Waals surface area contributed by atoms with Gasteiger partial charge in [0.1, 0.15) is 0 Å². The molecular weight excluding hydrogens is 312 g/mol. The topological polar surface area (TPSA) is 151 Å². The van der Waals surface area contributed by atoms with E-state index in [1.54, 1.807) is 41.5 Å². The summed E-state index contributed by atoms with van der Waals surface area (Å²) >= 11 is 0. The van der Waals surface area contributed by atoms with Gasteiger partial charge in [0.15, 0.2) is 0 Å². The van der Waals surface area contributed by atoms with Crippen LogP contribution in [0.1, 0.15) is 41.5 Å². The van der Waals surface area contributed by atoms with E-state index >= 15 is 0 Å². The van der Waals surface area contributed by atoms with Crippen molar-refractivity contribution < 1.29 is 19.8 Å². The van der Waals surface area contributed by atoms with Crippen LogP contribution < -0.4 is 11.5 Å². The van der Waals surface area contributed by atoms with Gasteiger partial charge >= 0.3 is 0 Å². The molecular formula is C16H32N4O4. The zero-order valence-corrected chi connectivity index (χ0v) is 15.6. The van der Waals surface area contributed by atoms with E-state index in [-0.39, 0.29) is 26.3 Å². The van der Waals surface area contributed by atoms with Crippen LogP contribution in [0.4, 0.5) is 0 Å². The minimum Gasteiger partial charge on any atom is -0.396 e. The van der Waals surface area contributed by atoms with Crippen molar-refractivity contribution in [3.63, 3.8) is 0 Å². The van der Waals surface area contributed by atoms with Gasteiger partial charge in [-0.1, -0.05) is 27.7 Å². The summed E-state index contributed by atoms with van der Waals surface area (Å²) in [6.07, 6.45) is 0. The maximum absolute atomic E-state index is 11.8. The zero-order valence-electron chi connectivity index (χ0n) is 15.6. The molecule has 0 heterocycles. The molecule has 6 N–H and O–H groups in total. The highest BCUT2D eigenvalue weighted by molar-refractivity contribution is 5.82. The van der Waals surface area contributed by atoms with Gasteiger partial charge in [-0.15, -0.1) is 0 Å². The van der Waals surface area contributed by atoms with Crippen molar-refractivity contribution in [3.8, 4) is 0 Å². The first kappa shape index (κ1) is 22.5. The molecule has 24 heavy (non-hydrogen) atoms. The molecule has 0 radical (unpaired) electrons. The van der Waals surface area contributed by atoms with E-state index in [2.05, 4.69) is 10.2 Å². The Morgan fingerprint density at radius 3 is 1.17 bits per heavy atom. The van der Waals surface area contributed by atoms with Crippen molar-refractivity contribution in [1.29, 1.82) is 0 Å². The second-order valence-corrected chi connectivity index (χ2v) is 8.08. The summed E-state index contributed by atoms with van der Waals surface area (Å²) in [6.45, 7) is 9.59. The SMILES string of the molecule is CC(C)(CO)C(C)(CN=NCC(C)(C(N)=O)C(C)(C)CO)C(N)=O. The summed E-state index contributed by atoms with van der Waals surface area (Å²) in [5.41, 5.74) is 7.20. The van der Waals surface area contributed by atoms with Gasteiger partial charge in [0, 0.05) is 24.0 Å². The third kappa shape index (κ3) is 4.10. The molecule has 2 atom stereocenters. The molecule has 0 aliphatic carbocycles. The molecule has 0 saturated carbocycles. The van der Waals surface area contributed by atoms with E-state index in [4.69, 9.17) is 11.5 Å². The fourth-order valence-electron chi connectivity index (χ4n) is 1.98. The molecule has 2 unspecified atom stereocenters. The lowest BCUT2D eigenvalue weighted by atomic mass is 9.66. The molecule has 0 saturated heterocycles. The number of aliphatic hydroxyl groups is 2. The van der Waals surface area contributed by atoms with Crippen molar-refractivity contribution in [2.75, 3.05) is 26.3 Å². The van der Waals surface area contributed by atoms with Crippen LogP contribution in [0.15, 0.2) is 10.2 Å². The Hall–Kier alpha value is -1.54. The highest BCUT2D eigenvalue weighted by Crippen LogP contribution is 2.40. The van der Waals surface area contributed by atoms with E-state index in [9.17, 15) is 19.8 Å². The Balaban J connectivity index is 5.35. The van der Waals surface area contributed by atoms with E-state index in [0.29, 0.717) is 0 Å². The first-order valence-electron chi connectivity index (χ1n) is 7.86. The second-order valence-electron chi connectivity index (χ2n) is 8.08. The average Bonchev–Trinajstić information content (AvgIpc) is 2.49. The van der Waals surface area contributed by atoms with Crippen LogP contribution in [0.25, 0.3) is 0 Å². The predicted molar refractivity (Wildman–Crippen MR) is 90.9 cm³/mol. The number of nitrogens with zero attached hydrogens (tertiary/aromatic N) is 2. The summed E-state index contributed by atoms with van der Waals surface area (Å²) in [6, 6.07) is 0. The minimum atomic E-state index is -1.10. The molecule has 0 aromatic heterocycles. The first-order chi connectivity index (χ1) is 10.7. The number of hydrogen-bond acceptors (Lipinski definition) is 6. The zero-order chi connectivity index (χ0) is 19.4. The number of amides is 2. The van der Waals surface area contributed by atoms with Crippen LogP contribution in [-0.4, -0.2) is 48.3 Å². The molecule has 140 valence electrons. The lowest BCUT2D eigenvalue weighted by Gasteiger charge is -2.40. The smallest absolute Gasteiger partial charge is 0.225 e.